The standard InChI is InChI=1S/C18H17NO/c1-11-18(20)17-15-9-5-4-7-13(15)12-6-2-3-8-14(12)16(17)10-19-11/h2-9,11,18-20H,10H2,1H3. The molecule has 2 atom stereocenters. The van der Waals surface area contributed by atoms with Crippen molar-refractivity contribution in [2.75, 3.05) is 0 Å². The van der Waals surface area contributed by atoms with Crippen molar-refractivity contribution in [3.05, 3.63) is 59.7 Å². The van der Waals surface area contributed by atoms with Gasteiger partial charge in [-0.1, -0.05) is 48.5 Å². The number of rotatable bonds is 0. The van der Waals surface area contributed by atoms with E-state index in [2.05, 4.69) is 53.8 Å². The molecule has 0 aliphatic carbocycles. The van der Waals surface area contributed by atoms with Crippen molar-refractivity contribution < 1.29 is 5.11 Å². The van der Waals surface area contributed by atoms with Crippen LogP contribution in [0.1, 0.15) is 24.2 Å². The minimum absolute atomic E-state index is 0.0899. The molecule has 2 heteroatoms. The summed E-state index contributed by atoms with van der Waals surface area (Å²) in [6, 6.07) is 17.0. The van der Waals surface area contributed by atoms with E-state index < -0.39 is 6.10 Å². The summed E-state index contributed by atoms with van der Waals surface area (Å²) in [5.74, 6) is 0. The maximum absolute atomic E-state index is 10.6. The summed E-state index contributed by atoms with van der Waals surface area (Å²) < 4.78 is 0. The lowest BCUT2D eigenvalue weighted by molar-refractivity contribution is 0.127. The molecule has 3 aromatic rings. The third-order valence-corrected chi connectivity index (χ3v) is 4.45. The van der Waals surface area contributed by atoms with Crippen LogP contribution in [-0.4, -0.2) is 11.1 Å². The molecule has 0 radical (unpaired) electrons. The summed E-state index contributed by atoms with van der Waals surface area (Å²) in [5.41, 5.74) is 2.34. The SMILES string of the molecule is CC1NCc2c(c3ccccc3c3ccccc23)C1O. The van der Waals surface area contributed by atoms with Gasteiger partial charge in [0.25, 0.3) is 0 Å². The quantitative estimate of drug-likeness (QED) is 0.608. The van der Waals surface area contributed by atoms with E-state index in [0.717, 1.165) is 12.1 Å². The van der Waals surface area contributed by atoms with Gasteiger partial charge in [-0.15, -0.1) is 0 Å². The van der Waals surface area contributed by atoms with Crippen molar-refractivity contribution in [3.63, 3.8) is 0 Å². The Kier molecular flexibility index (Phi) is 2.56. The minimum Gasteiger partial charge on any atom is -0.387 e. The van der Waals surface area contributed by atoms with Gasteiger partial charge in [-0.25, -0.2) is 0 Å². The highest BCUT2D eigenvalue weighted by Gasteiger charge is 2.27. The van der Waals surface area contributed by atoms with Crippen LogP contribution in [0.4, 0.5) is 0 Å². The van der Waals surface area contributed by atoms with Gasteiger partial charge in [-0.3, -0.25) is 0 Å². The molecular weight excluding hydrogens is 246 g/mol. The monoisotopic (exact) mass is 263 g/mol. The maximum Gasteiger partial charge on any atom is 0.0949 e. The van der Waals surface area contributed by atoms with E-state index in [9.17, 15) is 5.11 Å². The smallest absolute Gasteiger partial charge is 0.0949 e. The van der Waals surface area contributed by atoms with Crippen LogP contribution in [0.3, 0.4) is 0 Å². The van der Waals surface area contributed by atoms with E-state index in [4.69, 9.17) is 0 Å². The van der Waals surface area contributed by atoms with E-state index in [1.54, 1.807) is 0 Å². The summed E-state index contributed by atoms with van der Waals surface area (Å²) in [4.78, 5) is 0. The first kappa shape index (κ1) is 11.9. The Morgan fingerprint density at radius 2 is 1.45 bits per heavy atom. The molecule has 0 aromatic heterocycles. The Balaban J connectivity index is 2.24. The van der Waals surface area contributed by atoms with Gasteiger partial charge in [-0.05, 0) is 39.6 Å². The van der Waals surface area contributed by atoms with Gasteiger partial charge in [0.15, 0.2) is 0 Å². The molecule has 1 aliphatic heterocycles. The molecular formula is C18H17NO. The van der Waals surface area contributed by atoms with Crippen molar-refractivity contribution in [2.45, 2.75) is 25.6 Å². The normalized spacial score (nSPS) is 22.1. The Morgan fingerprint density at radius 1 is 0.900 bits per heavy atom. The molecule has 0 spiro atoms. The number of fused-ring (bicyclic) bond motifs is 6. The highest BCUT2D eigenvalue weighted by atomic mass is 16.3. The molecule has 0 amide bonds. The van der Waals surface area contributed by atoms with Gasteiger partial charge in [0, 0.05) is 12.6 Å². The fraction of sp³-hybridized carbons (Fsp3) is 0.222. The molecule has 1 heterocycles. The molecule has 2 nitrogen and oxygen atoms in total. The van der Waals surface area contributed by atoms with Crippen LogP contribution in [0.5, 0.6) is 0 Å². The van der Waals surface area contributed by atoms with Crippen LogP contribution in [0.2, 0.25) is 0 Å². The van der Waals surface area contributed by atoms with Crippen LogP contribution >= 0.6 is 0 Å². The molecule has 2 N–H and O–H groups in total. The fourth-order valence-electron chi connectivity index (χ4n) is 3.39. The van der Waals surface area contributed by atoms with E-state index >= 15 is 0 Å². The first-order valence-electron chi connectivity index (χ1n) is 7.11. The second-order valence-electron chi connectivity index (χ2n) is 5.60. The molecule has 0 fully saturated rings. The number of nitrogens with one attached hydrogen (secondary N) is 1. The first-order chi connectivity index (χ1) is 9.77. The highest BCUT2D eigenvalue weighted by Crippen LogP contribution is 2.39. The molecule has 4 rings (SSSR count). The van der Waals surface area contributed by atoms with Crippen LogP contribution in [0, 0.1) is 0 Å². The largest absolute Gasteiger partial charge is 0.387 e. The lowest BCUT2D eigenvalue weighted by atomic mass is 9.85. The molecule has 2 unspecified atom stereocenters. The fourth-order valence-corrected chi connectivity index (χ4v) is 3.39. The average molecular weight is 263 g/mol. The molecule has 0 saturated heterocycles. The summed E-state index contributed by atoms with van der Waals surface area (Å²) >= 11 is 0. The van der Waals surface area contributed by atoms with E-state index in [1.165, 1.54) is 27.1 Å². The lowest BCUT2D eigenvalue weighted by Crippen LogP contribution is -2.37. The molecule has 3 aromatic carbocycles. The van der Waals surface area contributed by atoms with Crippen LogP contribution in [0.15, 0.2) is 48.5 Å². The van der Waals surface area contributed by atoms with Crippen molar-refractivity contribution in [2.24, 2.45) is 0 Å². The summed E-state index contributed by atoms with van der Waals surface area (Å²) in [6.07, 6.45) is -0.451. The number of aliphatic hydroxyl groups is 1. The predicted octanol–water partition coefficient (Wildman–Crippen LogP) is 3.52. The van der Waals surface area contributed by atoms with Crippen molar-refractivity contribution in [1.29, 1.82) is 0 Å². The summed E-state index contributed by atoms with van der Waals surface area (Å²) in [5, 5.41) is 19.0. The zero-order chi connectivity index (χ0) is 13.7. The molecule has 100 valence electrons. The van der Waals surface area contributed by atoms with Gasteiger partial charge < -0.3 is 10.4 Å². The van der Waals surface area contributed by atoms with Crippen LogP contribution in [-0.2, 0) is 6.54 Å². The Hall–Kier alpha value is -1.90. The first-order valence-corrected chi connectivity index (χ1v) is 7.11. The van der Waals surface area contributed by atoms with E-state index in [0.29, 0.717) is 0 Å². The van der Waals surface area contributed by atoms with Gasteiger partial charge >= 0.3 is 0 Å². The Bertz CT molecular complexity index is 809. The van der Waals surface area contributed by atoms with Gasteiger partial charge in [-0.2, -0.15) is 0 Å². The Morgan fingerprint density at radius 3 is 2.15 bits per heavy atom. The van der Waals surface area contributed by atoms with Crippen molar-refractivity contribution in [3.8, 4) is 0 Å². The van der Waals surface area contributed by atoms with E-state index in [1.807, 2.05) is 6.92 Å². The van der Waals surface area contributed by atoms with Crippen LogP contribution < -0.4 is 5.32 Å². The lowest BCUT2D eigenvalue weighted by Gasteiger charge is -2.31. The van der Waals surface area contributed by atoms with Gasteiger partial charge in [0.05, 0.1) is 6.10 Å². The molecule has 0 bridgehead atoms. The summed E-state index contributed by atoms with van der Waals surface area (Å²) in [6.45, 7) is 2.86. The topological polar surface area (TPSA) is 32.3 Å². The van der Waals surface area contributed by atoms with E-state index in [-0.39, 0.29) is 6.04 Å². The van der Waals surface area contributed by atoms with Gasteiger partial charge in [0.1, 0.15) is 0 Å². The average Bonchev–Trinajstić information content (AvgIpc) is 2.50. The Labute approximate surface area is 118 Å². The van der Waals surface area contributed by atoms with Gasteiger partial charge in [0.2, 0.25) is 0 Å². The molecule has 20 heavy (non-hydrogen) atoms. The third-order valence-electron chi connectivity index (χ3n) is 4.45. The molecule has 1 aliphatic rings. The highest BCUT2D eigenvalue weighted by molar-refractivity contribution is 6.11. The zero-order valence-electron chi connectivity index (χ0n) is 11.4. The summed E-state index contributed by atoms with van der Waals surface area (Å²) in [7, 11) is 0. The number of aliphatic hydroxyl groups excluding tert-OH is 1. The zero-order valence-corrected chi connectivity index (χ0v) is 11.4. The van der Waals surface area contributed by atoms with Crippen molar-refractivity contribution >= 4 is 21.5 Å². The van der Waals surface area contributed by atoms with Crippen molar-refractivity contribution in [1.82, 2.24) is 5.32 Å². The third kappa shape index (κ3) is 1.52. The van der Waals surface area contributed by atoms with Crippen LogP contribution in [0.25, 0.3) is 21.5 Å². The second kappa shape index (κ2) is 4.30. The second-order valence-corrected chi connectivity index (χ2v) is 5.60. The molecule has 0 saturated carbocycles. The maximum atomic E-state index is 10.6. The number of benzene rings is 3. The number of hydrogen-bond donors (Lipinski definition) is 2. The number of hydrogen-bond acceptors (Lipinski definition) is 2. The minimum atomic E-state index is -0.451. The predicted molar refractivity (Wildman–Crippen MR) is 82.7 cm³/mol.